The van der Waals surface area contributed by atoms with E-state index in [0.29, 0.717) is 18.4 Å². The van der Waals surface area contributed by atoms with E-state index >= 15 is 0 Å². The Kier molecular flexibility index (Phi) is 6.65. The van der Waals surface area contributed by atoms with Gasteiger partial charge >= 0.3 is 6.18 Å². The first-order valence-corrected chi connectivity index (χ1v) is 9.66. The molecule has 1 aromatic carbocycles. The molecule has 29 heavy (non-hydrogen) atoms. The molecule has 1 fully saturated rings. The van der Waals surface area contributed by atoms with Crippen molar-refractivity contribution in [1.82, 2.24) is 10.6 Å². The number of hydrogen-bond donors (Lipinski definition) is 3. The summed E-state index contributed by atoms with van der Waals surface area (Å²) in [6.45, 7) is 6.74. The average molecular weight is 411 g/mol. The first kappa shape index (κ1) is 23.2. The first-order valence-electron chi connectivity index (χ1n) is 9.66. The minimum Gasteiger partial charge on any atom is -0.386 e. The van der Waals surface area contributed by atoms with Crippen LogP contribution >= 0.6 is 0 Å². The van der Waals surface area contributed by atoms with Crippen molar-refractivity contribution in [1.29, 1.82) is 5.26 Å². The van der Waals surface area contributed by atoms with Gasteiger partial charge in [0.25, 0.3) is 0 Å². The standard InChI is InChI=1S/C21H28F3N3O2/c1-13(2)11-16(18(28)27-20(12-25)9-10-20)26-17(21(22,23)24)14-5-7-15(8-6-14)19(3,4)29/h5-8,13,16-17,26,29H,9-11H2,1-4H3,(H,27,28)/t16-,17-/m0/s1. The molecule has 0 unspecified atom stereocenters. The van der Waals surface area contributed by atoms with Crippen LogP contribution in [0.15, 0.2) is 24.3 Å². The van der Waals surface area contributed by atoms with Crippen LogP contribution in [0.3, 0.4) is 0 Å². The third-order valence-corrected chi connectivity index (χ3v) is 5.00. The van der Waals surface area contributed by atoms with Gasteiger partial charge in [0.2, 0.25) is 5.91 Å². The average Bonchev–Trinajstić information content (AvgIpc) is 3.36. The number of hydrogen-bond acceptors (Lipinski definition) is 4. The summed E-state index contributed by atoms with van der Waals surface area (Å²) in [5.41, 5.74) is -1.68. The van der Waals surface area contributed by atoms with E-state index in [1.165, 1.54) is 24.3 Å². The fourth-order valence-corrected chi connectivity index (χ4v) is 3.10. The van der Waals surface area contributed by atoms with Gasteiger partial charge in [0.15, 0.2) is 0 Å². The third-order valence-electron chi connectivity index (χ3n) is 5.00. The lowest BCUT2D eigenvalue weighted by Crippen LogP contribution is -2.52. The van der Waals surface area contributed by atoms with Crippen LogP contribution in [0.2, 0.25) is 0 Å². The summed E-state index contributed by atoms with van der Waals surface area (Å²) < 4.78 is 41.5. The van der Waals surface area contributed by atoms with Gasteiger partial charge in [0, 0.05) is 0 Å². The van der Waals surface area contributed by atoms with Gasteiger partial charge in [-0.3, -0.25) is 10.1 Å². The molecule has 2 rings (SSSR count). The summed E-state index contributed by atoms with van der Waals surface area (Å²) in [4.78, 5) is 12.6. The number of aliphatic hydroxyl groups is 1. The highest BCUT2D eigenvalue weighted by molar-refractivity contribution is 5.83. The van der Waals surface area contributed by atoms with Gasteiger partial charge in [-0.15, -0.1) is 0 Å². The summed E-state index contributed by atoms with van der Waals surface area (Å²) in [6, 6.07) is 4.38. The highest BCUT2D eigenvalue weighted by Gasteiger charge is 2.47. The Morgan fingerprint density at radius 2 is 1.79 bits per heavy atom. The Bertz CT molecular complexity index is 757. The van der Waals surface area contributed by atoms with Crippen molar-refractivity contribution in [2.45, 2.75) is 76.4 Å². The van der Waals surface area contributed by atoms with E-state index in [9.17, 15) is 23.1 Å². The zero-order valence-corrected chi connectivity index (χ0v) is 17.1. The summed E-state index contributed by atoms with van der Waals surface area (Å²) in [5, 5.41) is 24.2. The number of halogens is 3. The summed E-state index contributed by atoms with van der Waals surface area (Å²) in [6.07, 6.45) is -3.42. The maximum atomic E-state index is 13.8. The van der Waals surface area contributed by atoms with Crippen molar-refractivity contribution >= 4 is 5.91 Å². The second kappa shape index (κ2) is 8.33. The van der Waals surface area contributed by atoms with Crippen molar-refractivity contribution in [3.8, 4) is 6.07 Å². The van der Waals surface area contributed by atoms with Crippen molar-refractivity contribution in [2.24, 2.45) is 5.92 Å². The lowest BCUT2D eigenvalue weighted by molar-refractivity contribution is -0.161. The maximum Gasteiger partial charge on any atom is 0.407 e. The molecule has 8 heteroatoms. The second-order valence-corrected chi connectivity index (χ2v) is 8.69. The molecule has 1 aliphatic carbocycles. The lowest BCUT2D eigenvalue weighted by atomic mass is 9.94. The molecule has 2 atom stereocenters. The number of carbonyl (C=O) groups excluding carboxylic acids is 1. The van der Waals surface area contributed by atoms with Gasteiger partial charge in [-0.2, -0.15) is 18.4 Å². The maximum absolute atomic E-state index is 13.8. The van der Waals surface area contributed by atoms with Crippen LogP contribution in [0.25, 0.3) is 0 Å². The van der Waals surface area contributed by atoms with Crippen molar-refractivity contribution < 1.29 is 23.1 Å². The molecule has 0 saturated heterocycles. The van der Waals surface area contributed by atoms with Crippen LogP contribution in [-0.2, 0) is 10.4 Å². The quantitative estimate of drug-likeness (QED) is 0.609. The number of nitrogens with one attached hydrogen (secondary N) is 2. The normalized spacial score (nSPS) is 18.1. The number of nitriles is 1. The van der Waals surface area contributed by atoms with E-state index in [2.05, 4.69) is 10.6 Å². The molecule has 1 aliphatic rings. The number of alkyl halides is 3. The highest BCUT2D eigenvalue weighted by atomic mass is 19.4. The Hall–Kier alpha value is -2.11. The third kappa shape index (κ3) is 6.18. The predicted molar refractivity (Wildman–Crippen MR) is 103 cm³/mol. The largest absolute Gasteiger partial charge is 0.407 e. The number of nitrogens with zero attached hydrogens (tertiary/aromatic N) is 1. The molecular formula is C21H28F3N3O2. The van der Waals surface area contributed by atoms with Gasteiger partial charge in [-0.25, -0.2) is 0 Å². The van der Waals surface area contributed by atoms with Gasteiger partial charge < -0.3 is 10.4 Å². The zero-order chi connectivity index (χ0) is 22.0. The molecule has 0 aromatic heterocycles. The van der Waals surface area contributed by atoms with Crippen LogP contribution in [-0.4, -0.2) is 28.8 Å². The predicted octanol–water partition coefficient (Wildman–Crippen LogP) is 3.69. The minimum absolute atomic E-state index is 0.0260. The molecule has 0 radical (unpaired) electrons. The molecule has 160 valence electrons. The van der Waals surface area contributed by atoms with E-state index in [4.69, 9.17) is 5.26 Å². The van der Waals surface area contributed by atoms with Crippen LogP contribution in [0, 0.1) is 17.2 Å². The van der Waals surface area contributed by atoms with E-state index in [0.717, 1.165) is 0 Å². The lowest BCUT2D eigenvalue weighted by Gasteiger charge is -2.29. The fraction of sp³-hybridized carbons (Fsp3) is 0.619. The first-order chi connectivity index (χ1) is 13.3. The smallest absolute Gasteiger partial charge is 0.386 e. The number of rotatable bonds is 8. The van der Waals surface area contributed by atoms with E-state index < -0.39 is 35.3 Å². The second-order valence-electron chi connectivity index (χ2n) is 8.69. The van der Waals surface area contributed by atoms with Crippen molar-refractivity contribution in [3.05, 3.63) is 35.4 Å². The van der Waals surface area contributed by atoms with Crippen LogP contribution in [0.5, 0.6) is 0 Å². The molecular weight excluding hydrogens is 383 g/mol. The Balaban J connectivity index is 2.27. The SMILES string of the molecule is CC(C)C[C@H](N[C@@H](c1ccc(C(C)(C)O)cc1)C(F)(F)F)C(=O)NC1(C#N)CC1. The summed E-state index contributed by atoms with van der Waals surface area (Å²) in [5.74, 6) is -0.623. The molecule has 0 heterocycles. The van der Waals surface area contributed by atoms with Crippen LogP contribution < -0.4 is 10.6 Å². The Labute approximate surface area is 169 Å². The van der Waals surface area contributed by atoms with Gasteiger partial charge in [-0.1, -0.05) is 38.1 Å². The molecule has 0 bridgehead atoms. The van der Waals surface area contributed by atoms with Crippen molar-refractivity contribution in [2.75, 3.05) is 0 Å². The number of carbonyl (C=O) groups is 1. The molecule has 1 saturated carbocycles. The van der Waals surface area contributed by atoms with E-state index in [1.54, 1.807) is 13.8 Å². The molecule has 1 amide bonds. The summed E-state index contributed by atoms with van der Waals surface area (Å²) >= 11 is 0. The zero-order valence-electron chi connectivity index (χ0n) is 17.1. The highest BCUT2D eigenvalue weighted by Crippen LogP contribution is 2.36. The molecule has 0 aliphatic heterocycles. The molecule has 1 aromatic rings. The van der Waals surface area contributed by atoms with Crippen LogP contribution in [0.1, 0.15) is 64.1 Å². The van der Waals surface area contributed by atoms with Gasteiger partial charge in [-0.05, 0) is 50.2 Å². The Morgan fingerprint density at radius 3 is 2.17 bits per heavy atom. The molecule has 3 N–H and O–H groups in total. The monoisotopic (exact) mass is 411 g/mol. The topological polar surface area (TPSA) is 85.2 Å². The van der Waals surface area contributed by atoms with Crippen molar-refractivity contribution in [3.63, 3.8) is 0 Å². The van der Waals surface area contributed by atoms with Gasteiger partial charge in [0.05, 0.1) is 17.7 Å². The van der Waals surface area contributed by atoms with E-state index in [1.807, 2.05) is 19.9 Å². The van der Waals surface area contributed by atoms with Gasteiger partial charge in [0.1, 0.15) is 11.6 Å². The van der Waals surface area contributed by atoms with Crippen LogP contribution in [0.4, 0.5) is 13.2 Å². The minimum atomic E-state index is -4.63. The Morgan fingerprint density at radius 1 is 1.24 bits per heavy atom. The number of amides is 1. The fourth-order valence-electron chi connectivity index (χ4n) is 3.10. The summed E-state index contributed by atoms with van der Waals surface area (Å²) in [7, 11) is 0. The number of benzene rings is 1. The molecule has 0 spiro atoms. The van der Waals surface area contributed by atoms with E-state index in [-0.39, 0.29) is 17.9 Å². The molecule has 5 nitrogen and oxygen atoms in total.